The van der Waals surface area contributed by atoms with E-state index in [-0.39, 0.29) is 47.8 Å². The summed E-state index contributed by atoms with van der Waals surface area (Å²) < 4.78 is 58.0. The number of primary amides is 1. The summed E-state index contributed by atoms with van der Waals surface area (Å²) in [6.07, 6.45) is -1.48. The number of nitrogens with one attached hydrogen (secondary N) is 2. The first-order chi connectivity index (χ1) is 21.8. The molecular formula is C27H36N4O13S2. The topological polar surface area (TPSA) is 228 Å². The van der Waals surface area contributed by atoms with Gasteiger partial charge in [0.1, 0.15) is 23.7 Å². The molecule has 0 aliphatic carbocycles. The lowest BCUT2D eigenvalue weighted by Gasteiger charge is -2.55. The Balaban J connectivity index is 1.70. The number of ether oxygens (including phenoxy) is 6. The van der Waals surface area contributed by atoms with Crippen molar-refractivity contribution in [3.63, 3.8) is 0 Å². The van der Waals surface area contributed by atoms with Crippen LogP contribution in [0.1, 0.15) is 24.8 Å². The van der Waals surface area contributed by atoms with Crippen molar-refractivity contribution in [3.8, 4) is 0 Å². The van der Waals surface area contributed by atoms with Crippen molar-refractivity contribution in [1.29, 1.82) is 0 Å². The van der Waals surface area contributed by atoms with Gasteiger partial charge in [-0.15, -0.1) is 11.8 Å². The molecule has 0 aromatic heterocycles. The largest absolute Gasteiger partial charge is 0.445 e. The molecular weight excluding hydrogens is 652 g/mol. The first-order valence-electron chi connectivity index (χ1n) is 13.7. The van der Waals surface area contributed by atoms with E-state index in [9.17, 15) is 32.4 Å². The Hall–Kier alpha value is -3.75. The summed E-state index contributed by atoms with van der Waals surface area (Å²) in [7, 11) is -0.337. The molecule has 2 heterocycles. The molecule has 0 unspecified atom stereocenters. The fourth-order valence-corrected chi connectivity index (χ4v) is 7.17. The molecule has 1 aromatic rings. The zero-order valence-corrected chi connectivity index (χ0v) is 27.2. The minimum absolute atomic E-state index is 0.00634. The molecule has 19 heteroatoms. The molecule has 2 aliphatic heterocycles. The molecule has 1 aromatic carbocycles. The average molecular weight is 689 g/mol. The summed E-state index contributed by atoms with van der Waals surface area (Å²) in [5.74, 6) is -3.21. The molecule has 0 spiro atoms. The number of fused-ring (bicyclic) bond motifs is 1. The summed E-state index contributed by atoms with van der Waals surface area (Å²) in [5, 5.41) is 1.65. The minimum atomic E-state index is -4.13. The van der Waals surface area contributed by atoms with Crippen LogP contribution in [0.5, 0.6) is 0 Å². The Morgan fingerprint density at radius 3 is 2.33 bits per heavy atom. The monoisotopic (exact) mass is 688 g/mol. The number of thioether (sulfide) groups is 1. The Kier molecular flexibility index (Phi) is 12.9. The van der Waals surface area contributed by atoms with E-state index < -0.39 is 70.6 Å². The number of methoxy groups -OCH3 is 3. The number of nitrogens with zero attached hydrogens (tertiary/aromatic N) is 1. The third-order valence-corrected chi connectivity index (χ3v) is 9.64. The maximum Gasteiger partial charge on any atom is 0.404 e. The standard InChI is InChI=1S/C27H36N4O13S2/c1-16-8-10-18(11-9-16)46(37,38)30-19(22(33)43-14-39-2)6-5-7-20(32)29-27(41-4)24(35)31-21(23(34)44-15-40-3)17(12-42-26(28)36)13-45-25(27)31/h8-11,19,25,30H,5-7,12-15H2,1-4H3,(H2,28,36)(H,29,32)/t19-,25-,27+/m1/s1. The Labute approximate surface area is 269 Å². The lowest BCUT2D eigenvalue weighted by atomic mass is 9.97. The molecule has 3 atom stereocenters. The maximum atomic E-state index is 13.5. The van der Waals surface area contributed by atoms with Gasteiger partial charge < -0.3 is 39.5 Å². The van der Waals surface area contributed by atoms with E-state index in [1.807, 2.05) is 0 Å². The van der Waals surface area contributed by atoms with Crippen LogP contribution in [0.25, 0.3) is 0 Å². The summed E-state index contributed by atoms with van der Waals surface area (Å²) in [6.45, 7) is 0.576. The van der Waals surface area contributed by atoms with Gasteiger partial charge in [0.25, 0.3) is 11.6 Å². The minimum Gasteiger partial charge on any atom is -0.445 e. The van der Waals surface area contributed by atoms with Gasteiger partial charge in [-0.05, 0) is 31.9 Å². The average Bonchev–Trinajstić information content (AvgIpc) is 3.02. The van der Waals surface area contributed by atoms with Gasteiger partial charge in [-0.3, -0.25) is 19.3 Å². The third-order valence-electron chi connectivity index (χ3n) is 6.78. The van der Waals surface area contributed by atoms with Crippen LogP contribution in [-0.2, 0) is 57.6 Å². The molecule has 1 fully saturated rings. The van der Waals surface area contributed by atoms with Crippen LogP contribution in [0.3, 0.4) is 0 Å². The Bertz CT molecular complexity index is 1450. The molecule has 3 amide bonds. The number of esters is 2. The highest BCUT2D eigenvalue weighted by atomic mass is 32.2. The van der Waals surface area contributed by atoms with Crippen LogP contribution in [0, 0.1) is 6.92 Å². The zero-order chi connectivity index (χ0) is 34.1. The number of hydrogen-bond donors (Lipinski definition) is 3. The van der Waals surface area contributed by atoms with E-state index in [0.29, 0.717) is 0 Å². The van der Waals surface area contributed by atoms with Crippen LogP contribution in [0.4, 0.5) is 4.79 Å². The van der Waals surface area contributed by atoms with Crippen LogP contribution in [0.2, 0.25) is 0 Å². The third kappa shape index (κ3) is 8.53. The van der Waals surface area contributed by atoms with Gasteiger partial charge in [0.15, 0.2) is 13.6 Å². The molecule has 0 radical (unpaired) electrons. The quantitative estimate of drug-likeness (QED) is 0.0836. The number of hydrogen-bond acceptors (Lipinski definition) is 14. The van der Waals surface area contributed by atoms with Crippen molar-refractivity contribution in [3.05, 3.63) is 41.1 Å². The highest BCUT2D eigenvalue weighted by Gasteiger charge is 2.66. The smallest absolute Gasteiger partial charge is 0.404 e. The molecule has 17 nitrogen and oxygen atoms in total. The van der Waals surface area contributed by atoms with Gasteiger partial charge >= 0.3 is 18.0 Å². The molecule has 1 saturated heterocycles. The number of nitrogens with two attached hydrogens (primary N) is 1. The predicted octanol–water partition coefficient (Wildman–Crippen LogP) is -0.170. The van der Waals surface area contributed by atoms with E-state index in [1.165, 1.54) is 33.5 Å². The van der Waals surface area contributed by atoms with Gasteiger partial charge in [-0.2, -0.15) is 4.72 Å². The molecule has 0 saturated carbocycles. The highest BCUT2D eigenvalue weighted by molar-refractivity contribution is 8.00. The summed E-state index contributed by atoms with van der Waals surface area (Å²) in [6, 6.07) is 4.63. The van der Waals surface area contributed by atoms with E-state index in [1.54, 1.807) is 19.1 Å². The van der Waals surface area contributed by atoms with Gasteiger partial charge in [-0.25, -0.2) is 18.0 Å². The number of benzene rings is 1. The van der Waals surface area contributed by atoms with E-state index in [2.05, 4.69) is 10.0 Å². The summed E-state index contributed by atoms with van der Waals surface area (Å²) in [5.41, 5.74) is 4.06. The lowest BCUT2D eigenvalue weighted by molar-refractivity contribution is -0.193. The number of aryl methyl sites for hydroxylation is 1. The predicted molar refractivity (Wildman–Crippen MR) is 159 cm³/mol. The summed E-state index contributed by atoms with van der Waals surface area (Å²) in [4.78, 5) is 64.2. The van der Waals surface area contributed by atoms with Crippen LogP contribution in [-0.4, -0.2) is 108 Å². The fourth-order valence-electron chi connectivity index (χ4n) is 4.53. The fraction of sp³-hybridized carbons (Fsp3) is 0.519. The van der Waals surface area contributed by atoms with Crippen molar-refractivity contribution in [2.24, 2.45) is 5.73 Å². The van der Waals surface area contributed by atoms with Gasteiger partial charge in [0, 0.05) is 39.1 Å². The second-order valence-corrected chi connectivity index (χ2v) is 12.8. The molecule has 3 rings (SSSR count). The van der Waals surface area contributed by atoms with E-state index in [4.69, 9.17) is 34.2 Å². The molecule has 254 valence electrons. The second kappa shape index (κ2) is 16.2. The van der Waals surface area contributed by atoms with Crippen molar-refractivity contribution >= 4 is 51.6 Å². The SMILES string of the molecule is COCOC(=O)C1=C(COC(N)=O)CS[C@H]2N1C(=O)[C@]2(NC(=O)CCC[C@@H](NS(=O)(=O)c1ccc(C)cc1)C(=O)OCOC)OC. The van der Waals surface area contributed by atoms with Crippen molar-refractivity contribution in [1.82, 2.24) is 14.9 Å². The summed E-state index contributed by atoms with van der Waals surface area (Å²) >= 11 is 1.13. The Morgan fingerprint density at radius 1 is 1.07 bits per heavy atom. The highest BCUT2D eigenvalue weighted by Crippen LogP contribution is 2.47. The molecule has 2 aliphatic rings. The number of carbonyl (C=O) groups is 5. The van der Waals surface area contributed by atoms with Crippen LogP contribution in [0.15, 0.2) is 40.4 Å². The molecule has 0 bridgehead atoms. The van der Waals surface area contributed by atoms with Crippen molar-refractivity contribution < 1.29 is 60.8 Å². The molecule has 4 N–H and O–H groups in total. The second-order valence-electron chi connectivity index (χ2n) is 9.97. The first-order valence-corrected chi connectivity index (χ1v) is 16.2. The van der Waals surface area contributed by atoms with E-state index >= 15 is 0 Å². The first kappa shape index (κ1) is 36.7. The Morgan fingerprint density at radius 2 is 1.72 bits per heavy atom. The lowest BCUT2D eigenvalue weighted by Crippen LogP contribution is -2.80. The van der Waals surface area contributed by atoms with Gasteiger partial charge in [-0.1, -0.05) is 17.7 Å². The zero-order valence-electron chi connectivity index (χ0n) is 25.6. The van der Waals surface area contributed by atoms with Gasteiger partial charge in [0.05, 0.1) is 4.90 Å². The maximum absolute atomic E-state index is 13.5. The van der Waals surface area contributed by atoms with Gasteiger partial charge in [0.2, 0.25) is 15.9 Å². The normalized spacial score (nSPS) is 19.9. The van der Waals surface area contributed by atoms with Crippen molar-refractivity contribution in [2.75, 3.05) is 47.3 Å². The van der Waals surface area contributed by atoms with Crippen LogP contribution >= 0.6 is 11.8 Å². The number of carbonyl (C=O) groups excluding carboxylic acids is 5. The van der Waals surface area contributed by atoms with Crippen LogP contribution < -0.4 is 15.8 Å². The number of β-lactam (4-membered cyclic amide) rings is 1. The number of rotatable bonds is 17. The molecule has 46 heavy (non-hydrogen) atoms. The number of sulfonamides is 1. The van der Waals surface area contributed by atoms with E-state index in [0.717, 1.165) is 22.2 Å². The van der Waals surface area contributed by atoms with Crippen molar-refractivity contribution in [2.45, 2.75) is 48.2 Å². The number of amides is 3.